The van der Waals surface area contributed by atoms with Crippen molar-refractivity contribution in [3.63, 3.8) is 0 Å². The molecule has 3 nitrogen and oxygen atoms in total. The molecule has 1 aromatic rings. The van der Waals surface area contributed by atoms with E-state index in [1.807, 2.05) is 12.1 Å². The predicted octanol–water partition coefficient (Wildman–Crippen LogP) is 4.03. The highest BCUT2D eigenvalue weighted by Gasteiger charge is 2.31. The van der Waals surface area contributed by atoms with Gasteiger partial charge in [-0.3, -0.25) is 4.79 Å². The van der Waals surface area contributed by atoms with Gasteiger partial charge in [0, 0.05) is 23.3 Å². The highest BCUT2D eigenvalue weighted by atomic mass is 16.2. The van der Waals surface area contributed by atoms with Crippen LogP contribution in [0.25, 0.3) is 0 Å². The molecule has 1 atom stereocenters. The number of carbonyl (C=O) groups excluding carboxylic acids is 1. The van der Waals surface area contributed by atoms with Crippen LogP contribution in [0.2, 0.25) is 0 Å². The molecule has 3 rings (SSSR count). The Balaban J connectivity index is 1.54. The summed E-state index contributed by atoms with van der Waals surface area (Å²) in [6.45, 7) is 4.68. The molecular weight excluding hydrogens is 248 g/mol. The maximum Gasteiger partial charge on any atom is 0.227 e. The number of nitrogens with one attached hydrogen (secondary N) is 2. The molecule has 0 aliphatic heterocycles. The molecular formula is C17H24N2O. The Bertz CT molecular complexity index is 488. The molecule has 1 amide bonds. The zero-order valence-corrected chi connectivity index (χ0v) is 12.4. The molecule has 108 valence electrons. The number of benzene rings is 1. The van der Waals surface area contributed by atoms with Gasteiger partial charge in [-0.05, 0) is 61.8 Å². The van der Waals surface area contributed by atoms with Crippen LogP contribution in [0.4, 0.5) is 11.4 Å². The molecule has 2 aliphatic rings. The number of carbonyl (C=O) groups is 1. The van der Waals surface area contributed by atoms with Gasteiger partial charge in [0.2, 0.25) is 5.91 Å². The highest BCUT2D eigenvalue weighted by Crippen LogP contribution is 2.38. The molecule has 3 heteroatoms. The molecule has 1 aromatic carbocycles. The van der Waals surface area contributed by atoms with Crippen molar-refractivity contribution in [3.05, 3.63) is 24.3 Å². The Morgan fingerprint density at radius 1 is 1.10 bits per heavy atom. The van der Waals surface area contributed by atoms with Crippen LogP contribution in [0, 0.1) is 11.3 Å². The first kappa shape index (κ1) is 13.5. The first-order valence-electron chi connectivity index (χ1n) is 7.69. The summed E-state index contributed by atoms with van der Waals surface area (Å²) >= 11 is 0. The largest absolute Gasteiger partial charge is 0.382 e. The van der Waals surface area contributed by atoms with Crippen molar-refractivity contribution < 1.29 is 4.79 Å². The normalized spacial score (nSPS) is 24.4. The molecule has 0 heterocycles. The fraction of sp³-hybridized carbons (Fsp3) is 0.588. The number of hydrogen-bond donors (Lipinski definition) is 2. The molecule has 0 spiro atoms. The van der Waals surface area contributed by atoms with Gasteiger partial charge in [-0.1, -0.05) is 13.8 Å². The molecule has 2 fully saturated rings. The third-order valence-electron chi connectivity index (χ3n) is 4.44. The lowest BCUT2D eigenvalue weighted by molar-refractivity contribution is -0.117. The van der Waals surface area contributed by atoms with E-state index in [2.05, 4.69) is 36.6 Å². The van der Waals surface area contributed by atoms with E-state index in [0.29, 0.717) is 11.5 Å². The van der Waals surface area contributed by atoms with Gasteiger partial charge in [0.1, 0.15) is 0 Å². The van der Waals surface area contributed by atoms with E-state index < -0.39 is 0 Å². The second-order valence-electron chi connectivity index (χ2n) is 7.09. The SMILES string of the molecule is CC1(C)CCC(Nc2ccc(NC(=O)C3CC3)cc2)C1. The molecule has 0 bridgehead atoms. The molecule has 0 radical (unpaired) electrons. The van der Waals surface area contributed by atoms with Gasteiger partial charge in [0.05, 0.1) is 0 Å². The van der Waals surface area contributed by atoms with E-state index in [4.69, 9.17) is 0 Å². The van der Waals surface area contributed by atoms with Gasteiger partial charge >= 0.3 is 0 Å². The Morgan fingerprint density at radius 3 is 2.30 bits per heavy atom. The van der Waals surface area contributed by atoms with Crippen LogP contribution in [0.1, 0.15) is 46.0 Å². The molecule has 20 heavy (non-hydrogen) atoms. The number of amides is 1. The third-order valence-corrected chi connectivity index (χ3v) is 4.44. The minimum Gasteiger partial charge on any atom is -0.382 e. The maximum atomic E-state index is 11.7. The van der Waals surface area contributed by atoms with Crippen molar-refractivity contribution >= 4 is 17.3 Å². The lowest BCUT2D eigenvalue weighted by atomic mass is 9.92. The summed E-state index contributed by atoms with van der Waals surface area (Å²) < 4.78 is 0. The second kappa shape index (κ2) is 5.12. The Labute approximate surface area is 121 Å². The van der Waals surface area contributed by atoms with E-state index >= 15 is 0 Å². The Kier molecular flexibility index (Phi) is 3.45. The highest BCUT2D eigenvalue weighted by molar-refractivity contribution is 5.94. The van der Waals surface area contributed by atoms with Crippen LogP contribution in [0.15, 0.2) is 24.3 Å². The number of hydrogen-bond acceptors (Lipinski definition) is 2. The summed E-state index contributed by atoms with van der Waals surface area (Å²) in [5, 5.41) is 6.57. The first-order chi connectivity index (χ1) is 9.52. The van der Waals surface area contributed by atoms with E-state index in [9.17, 15) is 4.79 Å². The molecule has 2 saturated carbocycles. The van der Waals surface area contributed by atoms with Gasteiger partial charge in [0.25, 0.3) is 0 Å². The zero-order valence-electron chi connectivity index (χ0n) is 12.4. The predicted molar refractivity (Wildman–Crippen MR) is 82.8 cm³/mol. The molecule has 2 aliphatic carbocycles. The lowest BCUT2D eigenvalue weighted by Gasteiger charge is -2.18. The van der Waals surface area contributed by atoms with Crippen molar-refractivity contribution in [1.82, 2.24) is 0 Å². The summed E-state index contributed by atoms with van der Waals surface area (Å²) in [5.74, 6) is 0.428. The van der Waals surface area contributed by atoms with E-state index in [1.165, 1.54) is 19.3 Å². The van der Waals surface area contributed by atoms with Gasteiger partial charge in [-0.25, -0.2) is 0 Å². The summed E-state index contributed by atoms with van der Waals surface area (Å²) in [6.07, 6.45) is 5.85. The maximum absolute atomic E-state index is 11.7. The first-order valence-corrected chi connectivity index (χ1v) is 7.69. The van der Waals surface area contributed by atoms with Crippen molar-refractivity contribution in [3.8, 4) is 0 Å². The van der Waals surface area contributed by atoms with Crippen molar-refractivity contribution in [2.75, 3.05) is 10.6 Å². The number of rotatable bonds is 4. The van der Waals surface area contributed by atoms with E-state index in [-0.39, 0.29) is 11.8 Å². The molecule has 0 saturated heterocycles. The second-order valence-corrected chi connectivity index (χ2v) is 7.09. The van der Waals surface area contributed by atoms with Crippen LogP contribution in [0.5, 0.6) is 0 Å². The van der Waals surface area contributed by atoms with Crippen LogP contribution in [-0.4, -0.2) is 11.9 Å². The minimum atomic E-state index is 0.170. The smallest absolute Gasteiger partial charge is 0.227 e. The Morgan fingerprint density at radius 2 is 1.75 bits per heavy atom. The van der Waals surface area contributed by atoms with Gasteiger partial charge < -0.3 is 10.6 Å². The minimum absolute atomic E-state index is 0.170. The monoisotopic (exact) mass is 272 g/mol. The average molecular weight is 272 g/mol. The quantitative estimate of drug-likeness (QED) is 0.869. The summed E-state index contributed by atoms with van der Waals surface area (Å²) in [6, 6.07) is 8.68. The average Bonchev–Trinajstić information content (AvgIpc) is 3.18. The third kappa shape index (κ3) is 3.33. The standard InChI is InChI=1S/C17H24N2O/c1-17(2)10-9-15(11-17)18-13-5-7-14(8-6-13)19-16(20)12-3-4-12/h5-8,12,15,18H,3-4,9-11H2,1-2H3,(H,19,20). The van der Waals surface area contributed by atoms with Crippen LogP contribution in [-0.2, 0) is 4.79 Å². The van der Waals surface area contributed by atoms with Crippen LogP contribution in [0.3, 0.4) is 0 Å². The summed E-state index contributed by atoms with van der Waals surface area (Å²) in [7, 11) is 0. The van der Waals surface area contributed by atoms with Crippen molar-refractivity contribution in [2.24, 2.45) is 11.3 Å². The van der Waals surface area contributed by atoms with E-state index in [1.54, 1.807) is 0 Å². The molecule has 1 unspecified atom stereocenters. The van der Waals surface area contributed by atoms with Crippen LogP contribution >= 0.6 is 0 Å². The zero-order chi connectivity index (χ0) is 14.2. The van der Waals surface area contributed by atoms with Gasteiger partial charge in [0.15, 0.2) is 0 Å². The fourth-order valence-corrected chi connectivity index (χ4v) is 3.03. The van der Waals surface area contributed by atoms with E-state index in [0.717, 1.165) is 24.2 Å². The van der Waals surface area contributed by atoms with Crippen molar-refractivity contribution in [2.45, 2.75) is 52.0 Å². The topological polar surface area (TPSA) is 41.1 Å². The summed E-state index contributed by atoms with van der Waals surface area (Å²) in [5.41, 5.74) is 2.52. The number of anilines is 2. The lowest BCUT2D eigenvalue weighted by Crippen LogP contribution is -2.17. The molecule has 2 N–H and O–H groups in total. The Hall–Kier alpha value is -1.51. The van der Waals surface area contributed by atoms with Crippen LogP contribution < -0.4 is 10.6 Å². The van der Waals surface area contributed by atoms with Crippen molar-refractivity contribution in [1.29, 1.82) is 0 Å². The van der Waals surface area contributed by atoms with Gasteiger partial charge in [-0.15, -0.1) is 0 Å². The van der Waals surface area contributed by atoms with Gasteiger partial charge in [-0.2, -0.15) is 0 Å². The summed E-state index contributed by atoms with van der Waals surface area (Å²) in [4.78, 5) is 11.7. The molecule has 0 aromatic heterocycles. The fourth-order valence-electron chi connectivity index (χ4n) is 3.03.